The van der Waals surface area contributed by atoms with E-state index in [2.05, 4.69) is 14.6 Å². The number of Topliss-reactive ketones (excluding diaryl/α,β-unsaturated/α-hetero) is 1. The fourth-order valence-corrected chi connectivity index (χ4v) is 4.27. The fourth-order valence-electron chi connectivity index (χ4n) is 4.03. The van der Waals surface area contributed by atoms with Gasteiger partial charge in [-0.3, -0.25) is 14.3 Å². The van der Waals surface area contributed by atoms with Gasteiger partial charge in [0.15, 0.2) is 17.2 Å². The lowest BCUT2D eigenvalue weighted by Gasteiger charge is -2.32. The number of carbonyl (C=O) groups excluding carboxylic acids is 1. The maximum atomic E-state index is 11.9. The molecule has 0 atom stereocenters. The van der Waals surface area contributed by atoms with Gasteiger partial charge in [0.25, 0.3) is 5.43 Å². The Hall–Kier alpha value is -2.67. The Morgan fingerprint density at radius 1 is 1.33 bits per heavy atom. The summed E-state index contributed by atoms with van der Waals surface area (Å²) < 4.78 is 3.57. The summed E-state index contributed by atoms with van der Waals surface area (Å²) >= 11 is 6.42. The van der Waals surface area contributed by atoms with Gasteiger partial charge in [-0.2, -0.15) is 5.10 Å². The summed E-state index contributed by atoms with van der Waals surface area (Å²) in [5.41, 5.74) is -0.545. The quantitative estimate of drug-likeness (QED) is 0.696. The highest BCUT2D eigenvalue weighted by Crippen LogP contribution is 2.41. The molecule has 27 heavy (non-hydrogen) atoms. The first-order valence-corrected chi connectivity index (χ1v) is 9.23. The summed E-state index contributed by atoms with van der Waals surface area (Å²) in [5.74, 6) is -0.946. The molecule has 0 aliphatic heterocycles. The second-order valence-corrected chi connectivity index (χ2v) is 7.51. The Morgan fingerprint density at radius 2 is 2.07 bits per heavy atom. The van der Waals surface area contributed by atoms with Crippen LogP contribution in [0.5, 0.6) is 5.75 Å². The van der Waals surface area contributed by atoms with Crippen LogP contribution < -0.4 is 5.43 Å². The van der Waals surface area contributed by atoms with Crippen LogP contribution in [-0.2, 0) is 12.1 Å². The van der Waals surface area contributed by atoms with Gasteiger partial charge in [0.2, 0.25) is 0 Å². The summed E-state index contributed by atoms with van der Waals surface area (Å²) in [6, 6.07) is 3.78. The van der Waals surface area contributed by atoms with Gasteiger partial charge in [-0.1, -0.05) is 24.4 Å². The van der Waals surface area contributed by atoms with Crippen molar-refractivity contribution >= 4 is 28.4 Å². The van der Waals surface area contributed by atoms with Gasteiger partial charge in [0.1, 0.15) is 5.65 Å². The molecule has 0 amide bonds. The topological polar surface area (TPSA) is 90.0 Å². The van der Waals surface area contributed by atoms with E-state index < -0.39 is 17.0 Å². The van der Waals surface area contributed by atoms with Crippen molar-refractivity contribution in [3.63, 3.8) is 0 Å². The zero-order chi connectivity index (χ0) is 19.2. The SMILES string of the molecule is CC(=O)c1nn(CC2(n3cc(Cl)c4cccnc43)CCCC2)cc(O)c1=O. The Labute approximate surface area is 160 Å². The van der Waals surface area contributed by atoms with Crippen LogP contribution in [0.15, 0.2) is 35.5 Å². The number of hydrogen-bond donors (Lipinski definition) is 1. The first kappa shape index (κ1) is 17.7. The van der Waals surface area contributed by atoms with Crippen molar-refractivity contribution in [3.8, 4) is 5.75 Å². The first-order chi connectivity index (χ1) is 12.9. The molecule has 0 unspecified atom stereocenters. The van der Waals surface area contributed by atoms with E-state index in [0.717, 1.165) is 36.7 Å². The van der Waals surface area contributed by atoms with Crippen molar-refractivity contribution in [3.05, 3.63) is 51.7 Å². The van der Waals surface area contributed by atoms with Crippen LogP contribution in [0.3, 0.4) is 0 Å². The molecule has 3 aromatic rings. The minimum Gasteiger partial charge on any atom is -0.503 e. The standard InChI is InChI=1S/C19H19ClN4O3/c1-12(25)16-17(27)15(26)10-23(22-16)11-19(6-2-3-7-19)24-9-14(20)13-5-4-8-21-18(13)24/h4-5,8-10,26H,2-3,6-7,11H2,1H3. The summed E-state index contributed by atoms with van der Waals surface area (Å²) in [7, 11) is 0. The number of nitrogens with zero attached hydrogens (tertiary/aromatic N) is 4. The number of carbonyl (C=O) groups is 1. The van der Waals surface area contributed by atoms with Gasteiger partial charge >= 0.3 is 0 Å². The second kappa shape index (κ2) is 6.49. The van der Waals surface area contributed by atoms with E-state index >= 15 is 0 Å². The number of ketones is 1. The molecule has 0 aromatic carbocycles. The molecule has 1 fully saturated rings. The largest absolute Gasteiger partial charge is 0.503 e. The second-order valence-electron chi connectivity index (χ2n) is 7.10. The molecule has 1 aliphatic carbocycles. The molecular formula is C19H19ClN4O3. The third-order valence-corrected chi connectivity index (χ3v) is 5.60. The number of rotatable bonds is 4. The molecule has 1 saturated carbocycles. The third kappa shape index (κ3) is 2.92. The zero-order valence-electron chi connectivity index (χ0n) is 14.9. The smallest absolute Gasteiger partial charge is 0.252 e. The number of pyridine rings is 1. The van der Waals surface area contributed by atoms with Crippen LogP contribution in [0, 0.1) is 0 Å². The summed E-state index contributed by atoms with van der Waals surface area (Å²) in [6.45, 7) is 1.67. The minimum absolute atomic E-state index is 0.253. The number of aromatic hydroxyl groups is 1. The molecule has 3 aromatic heterocycles. The lowest BCUT2D eigenvalue weighted by molar-refractivity contribution is 0.100. The predicted octanol–water partition coefficient (Wildman–Crippen LogP) is 3.12. The fraction of sp³-hybridized carbons (Fsp3) is 0.368. The Kier molecular flexibility index (Phi) is 4.26. The van der Waals surface area contributed by atoms with E-state index in [-0.39, 0.29) is 11.2 Å². The van der Waals surface area contributed by atoms with Gasteiger partial charge in [0, 0.05) is 24.7 Å². The average molecular weight is 387 g/mol. The third-order valence-electron chi connectivity index (χ3n) is 5.30. The molecule has 3 heterocycles. The van der Waals surface area contributed by atoms with E-state index in [1.165, 1.54) is 17.8 Å². The van der Waals surface area contributed by atoms with Crippen molar-refractivity contribution in [2.45, 2.75) is 44.7 Å². The van der Waals surface area contributed by atoms with Crippen LogP contribution in [0.2, 0.25) is 5.02 Å². The van der Waals surface area contributed by atoms with Gasteiger partial charge in [-0.25, -0.2) is 4.98 Å². The normalized spacial score (nSPS) is 16.1. The first-order valence-electron chi connectivity index (χ1n) is 8.85. The molecule has 4 rings (SSSR count). The average Bonchev–Trinajstić information content (AvgIpc) is 3.24. The van der Waals surface area contributed by atoms with Crippen molar-refractivity contribution in [2.75, 3.05) is 0 Å². The minimum atomic E-state index is -0.740. The number of aromatic nitrogens is 4. The lowest BCUT2D eigenvalue weighted by Crippen LogP contribution is -2.36. The molecule has 7 nitrogen and oxygen atoms in total. The van der Waals surface area contributed by atoms with E-state index in [9.17, 15) is 14.7 Å². The van der Waals surface area contributed by atoms with Crippen LogP contribution in [-0.4, -0.2) is 30.2 Å². The maximum Gasteiger partial charge on any atom is 0.252 e. The van der Waals surface area contributed by atoms with Crippen LogP contribution in [0.4, 0.5) is 0 Å². The molecule has 0 bridgehead atoms. The highest BCUT2D eigenvalue weighted by molar-refractivity contribution is 6.35. The van der Waals surface area contributed by atoms with Crippen LogP contribution >= 0.6 is 11.6 Å². The molecule has 0 radical (unpaired) electrons. The lowest BCUT2D eigenvalue weighted by atomic mass is 9.97. The van der Waals surface area contributed by atoms with Gasteiger partial charge in [-0.05, 0) is 25.0 Å². The monoisotopic (exact) mass is 386 g/mol. The Balaban J connectivity index is 1.84. The molecule has 8 heteroatoms. The van der Waals surface area contributed by atoms with E-state index in [1.54, 1.807) is 6.20 Å². The van der Waals surface area contributed by atoms with Crippen LogP contribution in [0.1, 0.15) is 43.1 Å². The van der Waals surface area contributed by atoms with E-state index in [0.29, 0.717) is 11.6 Å². The van der Waals surface area contributed by atoms with Gasteiger partial charge in [0.05, 0.1) is 23.3 Å². The summed E-state index contributed by atoms with van der Waals surface area (Å²) in [6.07, 6.45) is 8.75. The molecule has 0 saturated heterocycles. The number of fused-ring (bicyclic) bond motifs is 1. The maximum absolute atomic E-state index is 11.9. The molecule has 1 N–H and O–H groups in total. The summed E-state index contributed by atoms with van der Waals surface area (Å²) in [5, 5.41) is 15.7. The zero-order valence-corrected chi connectivity index (χ0v) is 15.6. The Bertz CT molecular complexity index is 1100. The Morgan fingerprint density at radius 3 is 2.78 bits per heavy atom. The number of hydrogen-bond acceptors (Lipinski definition) is 5. The van der Waals surface area contributed by atoms with Crippen molar-refractivity contribution in [1.29, 1.82) is 0 Å². The highest BCUT2D eigenvalue weighted by atomic mass is 35.5. The molecular weight excluding hydrogens is 368 g/mol. The van der Waals surface area contributed by atoms with Crippen LogP contribution in [0.25, 0.3) is 11.0 Å². The highest BCUT2D eigenvalue weighted by Gasteiger charge is 2.38. The molecule has 0 spiro atoms. The molecule has 1 aliphatic rings. The van der Waals surface area contributed by atoms with Crippen molar-refractivity contribution in [1.82, 2.24) is 19.3 Å². The van der Waals surface area contributed by atoms with Gasteiger partial charge < -0.3 is 9.67 Å². The van der Waals surface area contributed by atoms with Crippen molar-refractivity contribution in [2.24, 2.45) is 0 Å². The number of halogens is 1. The van der Waals surface area contributed by atoms with E-state index in [4.69, 9.17) is 11.6 Å². The van der Waals surface area contributed by atoms with E-state index in [1.807, 2.05) is 18.3 Å². The summed E-state index contributed by atoms with van der Waals surface area (Å²) in [4.78, 5) is 28.2. The van der Waals surface area contributed by atoms with Gasteiger partial charge in [-0.15, -0.1) is 0 Å². The predicted molar refractivity (Wildman–Crippen MR) is 101 cm³/mol. The van der Waals surface area contributed by atoms with Crippen molar-refractivity contribution < 1.29 is 9.90 Å². The molecule has 140 valence electrons.